The minimum Gasteiger partial charge on any atom is -0.408 e. The molecule has 2 N–H and O–H groups in total. The largest absolute Gasteiger partial charge is 0.417 e. The van der Waals surface area contributed by atoms with Crippen molar-refractivity contribution in [2.45, 2.75) is 4.90 Å². The molecule has 0 bridgehead atoms. The topological polar surface area (TPSA) is 105 Å². The summed E-state index contributed by atoms with van der Waals surface area (Å²) in [5.41, 5.74) is 1.96. The molecule has 0 spiro atoms. The molecule has 10 heteroatoms. The molecule has 0 radical (unpaired) electrons. The predicted molar refractivity (Wildman–Crippen MR) is 100 cm³/mol. The van der Waals surface area contributed by atoms with E-state index in [0.29, 0.717) is 11.2 Å². The first kappa shape index (κ1) is 16.8. The van der Waals surface area contributed by atoms with Crippen molar-refractivity contribution in [3.05, 3.63) is 63.4 Å². The van der Waals surface area contributed by atoms with Gasteiger partial charge in [-0.25, -0.2) is 18.2 Å². The lowest BCUT2D eigenvalue weighted by Crippen LogP contribution is -2.13. The summed E-state index contributed by atoms with van der Waals surface area (Å²) in [6.07, 6.45) is 0. The van der Waals surface area contributed by atoms with Crippen molar-refractivity contribution in [1.82, 2.24) is 9.97 Å². The Morgan fingerprint density at radius 2 is 1.96 bits per heavy atom. The molecule has 0 aliphatic carbocycles. The molecule has 0 atom stereocenters. The molecule has 0 fully saturated rings. The van der Waals surface area contributed by atoms with E-state index in [2.05, 4.69) is 14.7 Å². The highest BCUT2D eigenvalue weighted by Crippen LogP contribution is 2.30. The second-order valence-corrected chi connectivity index (χ2v) is 8.22. The molecule has 2 aromatic heterocycles. The SMILES string of the molecule is O=c1[nH]c2cc(Cl)c(S(=O)(=O)Nc3nc(-c4ccccc4)cs3)cc2o1. The fourth-order valence-electron chi connectivity index (χ4n) is 2.39. The number of hydrogen-bond donors (Lipinski definition) is 2. The number of H-pyrrole nitrogens is 1. The molecule has 2 aromatic carbocycles. The molecular weight excluding hydrogens is 398 g/mol. The number of anilines is 1. The number of nitrogens with one attached hydrogen (secondary N) is 2. The molecule has 0 saturated heterocycles. The predicted octanol–water partition coefficient (Wildman–Crippen LogP) is 3.70. The number of halogens is 1. The molecule has 4 rings (SSSR count). The minimum atomic E-state index is -4.01. The van der Waals surface area contributed by atoms with Crippen LogP contribution in [-0.2, 0) is 10.0 Å². The van der Waals surface area contributed by atoms with Crippen LogP contribution in [0.5, 0.6) is 0 Å². The van der Waals surface area contributed by atoms with Gasteiger partial charge in [0.05, 0.1) is 16.2 Å². The highest BCUT2D eigenvalue weighted by molar-refractivity contribution is 7.93. The van der Waals surface area contributed by atoms with Crippen LogP contribution in [0.25, 0.3) is 22.4 Å². The number of sulfonamides is 1. The van der Waals surface area contributed by atoms with Crippen LogP contribution in [0.15, 0.2) is 62.0 Å². The first-order chi connectivity index (χ1) is 12.4. The molecule has 132 valence electrons. The third kappa shape index (κ3) is 3.12. The summed E-state index contributed by atoms with van der Waals surface area (Å²) in [5, 5.41) is 1.92. The summed E-state index contributed by atoms with van der Waals surface area (Å²) < 4.78 is 32.6. The maximum absolute atomic E-state index is 12.7. The van der Waals surface area contributed by atoms with Gasteiger partial charge in [-0.05, 0) is 6.07 Å². The lowest BCUT2D eigenvalue weighted by molar-refractivity contribution is 0.554. The lowest BCUT2D eigenvalue weighted by Gasteiger charge is -2.06. The Labute approximate surface area is 156 Å². The molecule has 2 heterocycles. The number of thiazole rings is 1. The zero-order chi connectivity index (χ0) is 18.3. The fraction of sp³-hybridized carbons (Fsp3) is 0. The average molecular weight is 408 g/mol. The number of hydrogen-bond acceptors (Lipinski definition) is 6. The van der Waals surface area contributed by atoms with Gasteiger partial charge in [0.1, 0.15) is 4.90 Å². The number of aromatic nitrogens is 2. The molecule has 0 aliphatic heterocycles. The highest BCUT2D eigenvalue weighted by atomic mass is 35.5. The van der Waals surface area contributed by atoms with E-state index in [1.165, 1.54) is 12.1 Å². The Bertz CT molecular complexity index is 1260. The van der Waals surface area contributed by atoms with E-state index in [1.54, 1.807) is 5.38 Å². The lowest BCUT2D eigenvalue weighted by atomic mass is 10.2. The molecule has 0 unspecified atom stereocenters. The first-order valence-electron chi connectivity index (χ1n) is 7.28. The second-order valence-electron chi connectivity index (χ2n) is 5.30. The number of fused-ring (bicyclic) bond motifs is 1. The smallest absolute Gasteiger partial charge is 0.408 e. The molecule has 4 aromatic rings. The quantitative estimate of drug-likeness (QED) is 0.536. The first-order valence-corrected chi connectivity index (χ1v) is 10.0. The van der Waals surface area contributed by atoms with Gasteiger partial charge < -0.3 is 4.42 Å². The number of aromatic amines is 1. The maximum Gasteiger partial charge on any atom is 0.417 e. The van der Waals surface area contributed by atoms with Crippen LogP contribution in [0.4, 0.5) is 5.13 Å². The van der Waals surface area contributed by atoms with Gasteiger partial charge in [0.25, 0.3) is 10.0 Å². The van der Waals surface area contributed by atoms with Gasteiger partial charge in [0.15, 0.2) is 10.7 Å². The molecular formula is C16H10ClN3O4S2. The van der Waals surface area contributed by atoms with Gasteiger partial charge in [-0.15, -0.1) is 11.3 Å². The zero-order valence-corrected chi connectivity index (χ0v) is 15.3. The van der Waals surface area contributed by atoms with Gasteiger partial charge in [-0.3, -0.25) is 9.71 Å². The third-order valence-corrected chi connectivity index (χ3v) is 6.25. The van der Waals surface area contributed by atoms with Gasteiger partial charge >= 0.3 is 5.76 Å². The molecule has 0 saturated carbocycles. The standard InChI is InChI=1S/C16H10ClN3O4S2/c17-10-6-11-13(24-16(21)19-11)7-14(10)26(22,23)20-15-18-12(8-25-15)9-4-2-1-3-5-9/h1-8H,(H,18,20)(H,19,21). The van der Waals surface area contributed by atoms with E-state index < -0.39 is 15.8 Å². The van der Waals surface area contributed by atoms with Gasteiger partial charge in [-0.2, -0.15) is 0 Å². The van der Waals surface area contributed by atoms with Crippen molar-refractivity contribution < 1.29 is 12.8 Å². The Hall–Kier alpha value is -2.62. The zero-order valence-electron chi connectivity index (χ0n) is 12.9. The second kappa shape index (κ2) is 6.27. The average Bonchev–Trinajstić information content (AvgIpc) is 3.19. The van der Waals surface area contributed by atoms with Crippen LogP contribution in [-0.4, -0.2) is 18.4 Å². The molecule has 0 amide bonds. The minimum absolute atomic E-state index is 0.0399. The Morgan fingerprint density at radius 3 is 2.73 bits per heavy atom. The van der Waals surface area contributed by atoms with Crippen LogP contribution in [0.3, 0.4) is 0 Å². The number of oxazole rings is 1. The van der Waals surface area contributed by atoms with Crippen LogP contribution >= 0.6 is 22.9 Å². The monoisotopic (exact) mass is 407 g/mol. The summed E-state index contributed by atoms with van der Waals surface area (Å²) in [6.45, 7) is 0. The summed E-state index contributed by atoms with van der Waals surface area (Å²) in [5.74, 6) is -0.689. The summed E-state index contributed by atoms with van der Waals surface area (Å²) in [4.78, 5) is 17.8. The van der Waals surface area contributed by atoms with Crippen LogP contribution < -0.4 is 10.5 Å². The Balaban J connectivity index is 1.69. The highest BCUT2D eigenvalue weighted by Gasteiger charge is 2.22. The molecule has 26 heavy (non-hydrogen) atoms. The number of nitrogens with zero attached hydrogens (tertiary/aromatic N) is 1. The molecule has 0 aliphatic rings. The van der Waals surface area contributed by atoms with E-state index in [9.17, 15) is 13.2 Å². The number of benzene rings is 2. The fourth-order valence-corrected chi connectivity index (χ4v) is 4.91. The van der Waals surface area contributed by atoms with Crippen molar-refractivity contribution in [3.8, 4) is 11.3 Å². The van der Waals surface area contributed by atoms with Crippen LogP contribution in [0, 0.1) is 0 Å². The van der Waals surface area contributed by atoms with Crippen LogP contribution in [0.2, 0.25) is 5.02 Å². The Morgan fingerprint density at radius 1 is 1.19 bits per heavy atom. The van der Waals surface area contributed by atoms with Crippen molar-refractivity contribution >= 4 is 49.2 Å². The van der Waals surface area contributed by atoms with E-state index >= 15 is 0 Å². The van der Waals surface area contributed by atoms with Gasteiger partial charge in [0, 0.05) is 17.0 Å². The van der Waals surface area contributed by atoms with Gasteiger partial charge in [-0.1, -0.05) is 41.9 Å². The van der Waals surface area contributed by atoms with Crippen LogP contribution in [0.1, 0.15) is 0 Å². The van der Waals surface area contributed by atoms with Gasteiger partial charge in [0.2, 0.25) is 0 Å². The van der Waals surface area contributed by atoms with E-state index in [-0.39, 0.29) is 20.6 Å². The maximum atomic E-state index is 12.7. The van der Waals surface area contributed by atoms with Crippen molar-refractivity contribution in [2.75, 3.05) is 4.72 Å². The summed E-state index contributed by atoms with van der Waals surface area (Å²) >= 11 is 7.22. The molecule has 7 nitrogen and oxygen atoms in total. The summed E-state index contributed by atoms with van der Waals surface area (Å²) in [7, 11) is -4.01. The number of rotatable bonds is 4. The van der Waals surface area contributed by atoms with E-state index in [4.69, 9.17) is 16.0 Å². The van der Waals surface area contributed by atoms with E-state index in [1.807, 2.05) is 30.3 Å². The third-order valence-electron chi connectivity index (χ3n) is 3.56. The van der Waals surface area contributed by atoms with E-state index in [0.717, 1.165) is 16.9 Å². The van der Waals surface area contributed by atoms with Crippen molar-refractivity contribution in [3.63, 3.8) is 0 Å². The van der Waals surface area contributed by atoms with Crippen molar-refractivity contribution in [1.29, 1.82) is 0 Å². The normalized spacial score (nSPS) is 11.7. The van der Waals surface area contributed by atoms with Crippen molar-refractivity contribution in [2.24, 2.45) is 0 Å². The Kier molecular flexibility index (Phi) is 4.06. The summed E-state index contributed by atoms with van der Waals surface area (Å²) in [6, 6.07) is 11.9.